The van der Waals surface area contributed by atoms with Gasteiger partial charge in [0, 0.05) is 19.2 Å². The molecular weight excluding hydrogens is 312 g/mol. The van der Waals surface area contributed by atoms with E-state index in [-0.39, 0.29) is 5.69 Å². The third-order valence-electron chi connectivity index (χ3n) is 3.50. The van der Waals surface area contributed by atoms with Crippen LogP contribution in [0.1, 0.15) is 0 Å². The number of aldehydes is 1. The number of halogens is 2. The van der Waals surface area contributed by atoms with Crippen LogP contribution < -0.4 is 5.01 Å². The van der Waals surface area contributed by atoms with Gasteiger partial charge in [-0.15, -0.1) is 0 Å². The number of carbonyl (C=O) groups is 2. The number of hydrogen-bond acceptors (Lipinski definition) is 6. The molecule has 0 spiro atoms. The van der Waals surface area contributed by atoms with Crippen LogP contribution in [0.25, 0.3) is 0 Å². The van der Waals surface area contributed by atoms with E-state index in [1.165, 1.54) is 11.0 Å². The van der Waals surface area contributed by atoms with Crippen LogP contribution in [0.3, 0.4) is 0 Å². The first-order valence-electron chi connectivity index (χ1n) is 6.89. The molecule has 1 saturated heterocycles. The molecule has 23 heavy (non-hydrogen) atoms. The Bertz CT molecular complexity index is 650. The van der Waals surface area contributed by atoms with Crippen LogP contribution in [0.15, 0.2) is 28.6 Å². The Hall–Kier alpha value is -2.62. The summed E-state index contributed by atoms with van der Waals surface area (Å²) in [5, 5.41) is 9.34. The lowest BCUT2D eigenvalue weighted by atomic mass is 10.3. The first kappa shape index (κ1) is 15.3. The monoisotopic (exact) mass is 325 g/mol. The minimum Gasteiger partial charge on any atom is -0.378 e. The molecule has 2 amide bonds. The molecule has 0 aromatic heterocycles. The molecule has 2 heterocycles. The van der Waals surface area contributed by atoms with Gasteiger partial charge in [0.15, 0.2) is 17.9 Å². The second-order valence-electron chi connectivity index (χ2n) is 4.90. The van der Waals surface area contributed by atoms with Gasteiger partial charge in [-0.3, -0.25) is 4.79 Å². The summed E-state index contributed by atoms with van der Waals surface area (Å²) in [7, 11) is 0. The van der Waals surface area contributed by atoms with Crippen LogP contribution in [0.2, 0.25) is 0 Å². The number of rotatable bonds is 2. The molecule has 8 nitrogen and oxygen atoms in total. The number of morpholine rings is 1. The summed E-state index contributed by atoms with van der Waals surface area (Å²) in [5.41, 5.74) is 0.113. The van der Waals surface area contributed by atoms with Gasteiger partial charge in [-0.05, 0) is 22.6 Å². The van der Waals surface area contributed by atoms with Crippen LogP contribution in [0.4, 0.5) is 19.3 Å². The summed E-state index contributed by atoms with van der Waals surface area (Å²) < 4.78 is 31.5. The quantitative estimate of drug-likeness (QED) is 0.769. The molecule has 1 aromatic carbocycles. The van der Waals surface area contributed by atoms with Crippen molar-refractivity contribution in [3.63, 3.8) is 0 Å². The fourth-order valence-electron chi connectivity index (χ4n) is 2.29. The van der Waals surface area contributed by atoms with Gasteiger partial charge in [-0.1, -0.05) is 0 Å². The number of anilines is 1. The summed E-state index contributed by atoms with van der Waals surface area (Å²) in [6, 6.07) is 2.54. The topological polar surface area (TPSA) is 77.8 Å². The Morgan fingerprint density at radius 2 is 1.96 bits per heavy atom. The zero-order valence-corrected chi connectivity index (χ0v) is 11.9. The van der Waals surface area contributed by atoms with Crippen LogP contribution in [0.5, 0.6) is 0 Å². The predicted molar refractivity (Wildman–Crippen MR) is 73.2 cm³/mol. The highest BCUT2D eigenvalue weighted by Gasteiger charge is 2.38. The summed E-state index contributed by atoms with van der Waals surface area (Å²) >= 11 is 0. The average molecular weight is 325 g/mol. The van der Waals surface area contributed by atoms with E-state index in [9.17, 15) is 18.4 Å². The van der Waals surface area contributed by atoms with Crippen LogP contribution in [-0.4, -0.2) is 54.7 Å². The van der Waals surface area contributed by atoms with Gasteiger partial charge in [0.05, 0.1) is 18.9 Å². The summed E-state index contributed by atoms with van der Waals surface area (Å²) in [6.45, 7) is 1.55. The third kappa shape index (κ3) is 2.84. The SMILES string of the molecule is O=CC1N(C(=O)N2CCOCC2)N=NN1c1ccc(F)c(F)c1. The molecule has 2 aliphatic heterocycles. The minimum atomic E-state index is -1.16. The van der Waals surface area contributed by atoms with Crippen LogP contribution in [0, 0.1) is 11.6 Å². The maximum Gasteiger partial charge on any atom is 0.344 e. The standard InChI is InChI=1S/C13H13F2N5O3/c14-10-2-1-9(7-11(10)15)19-12(8-21)20(17-16-19)13(22)18-3-5-23-6-4-18/h1-2,7-8,12H,3-6H2. The Balaban J connectivity index is 1.80. The van der Waals surface area contributed by atoms with E-state index in [1.807, 2.05) is 0 Å². The molecule has 0 saturated carbocycles. The predicted octanol–water partition coefficient (Wildman–Crippen LogP) is 1.35. The molecule has 1 fully saturated rings. The number of ether oxygens (including phenoxy) is 1. The van der Waals surface area contributed by atoms with Crippen molar-refractivity contribution < 1.29 is 23.1 Å². The molecule has 10 heteroatoms. The first-order chi connectivity index (χ1) is 11.1. The number of urea groups is 1. The van der Waals surface area contributed by atoms with E-state index in [4.69, 9.17) is 4.74 Å². The van der Waals surface area contributed by atoms with Crippen molar-refractivity contribution >= 4 is 18.0 Å². The highest BCUT2D eigenvalue weighted by molar-refractivity contribution is 5.80. The smallest absolute Gasteiger partial charge is 0.344 e. The van der Waals surface area contributed by atoms with Crippen molar-refractivity contribution in [3.8, 4) is 0 Å². The van der Waals surface area contributed by atoms with Crippen molar-refractivity contribution in [2.24, 2.45) is 10.4 Å². The maximum absolute atomic E-state index is 13.3. The Kier molecular flexibility index (Phi) is 4.15. The lowest BCUT2D eigenvalue weighted by Gasteiger charge is -2.30. The van der Waals surface area contributed by atoms with Gasteiger partial charge >= 0.3 is 6.03 Å². The zero-order chi connectivity index (χ0) is 16.4. The summed E-state index contributed by atoms with van der Waals surface area (Å²) in [4.78, 5) is 25.2. The van der Waals surface area contributed by atoms with Crippen molar-refractivity contribution in [2.45, 2.75) is 6.17 Å². The van der Waals surface area contributed by atoms with Crippen molar-refractivity contribution in [1.82, 2.24) is 9.91 Å². The lowest BCUT2D eigenvalue weighted by molar-refractivity contribution is -0.111. The van der Waals surface area contributed by atoms with Gasteiger partial charge in [-0.2, -0.15) is 5.01 Å². The molecule has 1 atom stereocenters. The van der Waals surface area contributed by atoms with Gasteiger partial charge in [0.2, 0.25) is 6.17 Å². The van der Waals surface area contributed by atoms with Gasteiger partial charge in [-0.25, -0.2) is 18.6 Å². The van der Waals surface area contributed by atoms with E-state index in [0.29, 0.717) is 32.6 Å². The zero-order valence-electron chi connectivity index (χ0n) is 11.9. The molecule has 1 aromatic rings. The van der Waals surface area contributed by atoms with E-state index in [2.05, 4.69) is 10.4 Å². The van der Waals surface area contributed by atoms with E-state index in [0.717, 1.165) is 22.2 Å². The number of hydrogen-bond donors (Lipinski definition) is 0. The van der Waals surface area contributed by atoms with Crippen LogP contribution >= 0.6 is 0 Å². The van der Waals surface area contributed by atoms with Gasteiger partial charge in [0.1, 0.15) is 0 Å². The van der Waals surface area contributed by atoms with E-state index >= 15 is 0 Å². The first-order valence-corrected chi connectivity index (χ1v) is 6.89. The molecular formula is C13H13F2N5O3. The van der Waals surface area contributed by atoms with E-state index < -0.39 is 23.8 Å². The Morgan fingerprint density at radius 3 is 2.61 bits per heavy atom. The van der Waals surface area contributed by atoms with Crippen molar-refractivity contribution in [3.05, 3.63) is 29.8 Å². The molecule has 1 unspecified atom stereocenters. The molecule has 0 bridgehead atoms. The number of amides is 2. The largest absolute Gasteiger partial charge is 0.378 e. The molecule has 122 valence electrons. The average Bonchev–Trinajstić information content (AvgIpc) is 3.01. The number of nitrogens with zero attached hydrogens (tertiary/aromatic N) is 5. The van der Waals surface area contributed by atoms with Crippen LogP contribution in [-0.2, 0) is 9.53 Å². The van der Waals surface area contributed by atoms with Gasteiger partial charge in [0.25, 0.3) is 0 Å². The minimum absolute atomic E-state index is 0.113. The second kappa shape index (κ2) is 6.24. The lowest BCUT2D eigenvalue weighted by Crippen LogP contribution is -2.51. The molecule has 0 radical (unpaired) electrons. The highest BCUT2D eigenvalue weighted by Crippen LogP contribution is 2.26. The molecule has 0 N–H and O–H groups in total. The van der Waals surface area contributed by atoms with Crippen molar-refractivity contribution in [2.75, 3.05) is 31.3 Å². The Labute approximate surface area is 129 Å². The third-order valence-corrected chi connectivity index (χ3v) is 3.50. The summed E-state index contributed by atoms with van der Waals surface area (Å²) in [6.07, 6.45) is -0.699. The Morgan fingerprint density at radius 1 is 1.22 bits per heavy atom. The van der Waals surface area contributed by atoms with Gasteiger partial charge < -0.3 is 9.64 Å². The highest BCUT2D eigenvalue weighted by atomic mass is 19.2. The normalized spacial score (nSPS) is 21.0. The van der Waals surface area contributed by atoms with Crippen molar-refractivity contribution in [1.29, 1.82) is 0 Å². The molecule has 3 rings (SSSR count). The maximum atomic E-state index is 13.3. The second-order valence-corrected chi connectivity index (χ2v) is 4.90. The summed E-state index contributed by atoms with van der Waals surface area (Å²) in [5.74, 6) is -2.10. The molecule has 0 aliphatic carbocycles. The fraction of sp³-hybridized carbons (Fsp3) is 0.385. The number of benzene rings is 1. The van der Waals surface area contributed by atoms with E-state index in [1.54, 1.807) is 0 Å². The number of carbonyl (C=O) groups excluding carboxylic acids is 2. The molecule has 2 aliphatic rings. The fourth-order valence-corrected chi connectivity index (χ4v) is 2.29.